The van der Waals surface area contributed by atoms with E-state index in [2.05, 4.69) is 5.32 Å². The topological polar surface area (TPSA) is 38.3 Å². The van der Waals surface area contributed by atoms with Crippen molar-refractivity contribution in [2.75, 3.05) is 13.2 Å². The van der Waals surface area contributed by atoms with Crippen molar-refractivity contribution in [1.82, 2.24) is 5.32 Å². The van der Waals surface area contributed by atoms with Crippen molar-refractivity contribution >= 4 is 17.2 Å². The number of hydrogen-bond donors (Lipinski definition) is 1. The van der Waals surface area contributed by atoms with Crippen LogP contribution < -0.4 is 5.32 Å². The summed E-state index contributed by atoms with van der Waals surface area (Å²) in [6.45, 7) is 5.49. The number of hydrogen-bond acceptors (Lipinski definition) is 3. The minimum atomic E-state index is 0.0253. The van der Waals surface area contributed by atoms with Gasteiger partial charge in [-0.15, -0.1) is 11.3 Å². The van der Waals surface area contributed by atoms with Gasteiger partial charge in [0.05, 0.1) is 11.7 Å². The molecule has 0 saturated carbocycles. The molecule has 0 radical (unpaired) electrons. The highest BCUT2D eigenvalue weighted by molar-refractivity contribution is 7.10. The van der Waals surface area contributed by atoms with Gasteiger partial charge in [-0.05, 0) is 32.3 Å². The van der Waals surface area contributed by atoms with E-state index in [1.165, 1.54) is 4.88 Å². The van der Waals surface area contributed by atoms with Crippen LogP contribution in [0.15, 0.2) is 5.38 Å². The van der Waals surface area contributed by atoms with Crippen molar-refractivity contribution in [1.29, 1.82) is 0 Å². The summed E-state index contributed by atoms with van der Waals surface area (Å²) < 4.78 is 5.46. The fourth-order valence-electron chi connectivity index (χ4n) is 1.84. The average molecular weight is 239 g/mol. The zero-order valence-corrected chi connectivity index (χ0v) is 10.5. The molecule has 1 fully saturated rings. The van der Waals surface area contributed by atoms with Crippen molar-refractivity contribution in [3.63, 3.8) is 0 Å². The van der Waals surface area contributed by atoms with Crippen LogP contribution in [0, 0.1) is 13.8 Å². The average Bonchev–Trinajstić information content (AvgIpc) is 2.88. The van der Waals surface area contributed by atoms with E-state index in [-0.39, 0.29) is 12.0 Å². The molecule has 0 aromatic carbocycles. The van der Waals surface area contributed by atoms with Gasteiger partial charge < -0.3 is 10.1 Å². The monoisotopic (exact) mass is 239 g/mol. The van der Waals surface area contributed by atoms with E-state index in [0.717, 1.165) is 30.6 Å². The molecule has 1 saturated heterocycles. The van der Waals surface area contributed by atoms with Gasteiger partial charge in [0, 0.05) is 23.4 Å². The van der Waals surface area contributed by atoms with Gasteiger partial charge >= 0.3 is 0 Å². The first-order chi connectivity index (χ1) is 7.68. The standard InChI is InChI=1S/C12H17NO2S/c1-8-9(2)16-7-11(8)12(14)13-6-10-4-3-5-15-10/h7,10H,3-6H2,1-2H3,(H,13,14)/t10-/m1/s1. The van der Waals surface area contributed by atoms with Crippen LogP contribution in [0.1, 0.15) is 33.6 Å². The van der Waals surface area contributed by atoms with Gasteiger partial charge in [0.2, 0.25) is 0 Å². The van der Waals surface area contributed by atoms with Crippen molar-refractivity contribution in [3.8, 4) is 0 Å². The van der Waals surface area contributed by atoms with Gasteiger partial charge in [-0.25, -0.2) is 0 Å². The minimum absolute atomic E-state index is 0.0253. The summed E-state index contributed by atoms with van der Waals surface area (Å²) in [5.74, 6) is 0.0253. The second kappa shape index (κ2) is 4.97. The smallest absolute Gasteiger partial charge is 0.252 e. The third-order valence-corrected chi connectivity index (χ3v) is 4.06. The fourth-order valence-corrected chi connectivity index (χ4v) is 2.71. The van der Waals surface area contributed by atoms with Crippen LogP contribution in [-0.4, -0.2) is 25.2 Å². The first-order valence-electron chi connectivity index (χ1n) is 5.63. The maximum Gasteiger partial charge on any atom is 0.252 e. The molecule has 4 heteroatoms. The van der Waals surface area contributed by atoms with E-state index in [0.29, 0.717) is 6.54 Å². The molecule has 1 N–H and O–H groups in total. The molecule has 0 aliphatic carbocycles. The summed E-state index contributed by atoms with van der Waals surface area (Å²) in [5.41, 5.74) is 1.90. The molecular formula is C12H17NO2S. The number of carbonyl (C=O) groups excluding carboxylic acids is 1. The second-order valence-electron chi connectivity index (χ2n) is 4.18. The number of amides is 1. The molecule has 1 aliphatic heterocycles. The fraction of sp³-hybridized carbons (Fsp3) is 0.583. The normalized spacial score (nSPS) is 20.0. The van der Waals surface area contributed by atoms with E-state index >= 15 is 0 Å². The Hall–Kier alpha value is -0.870. The number of rotatable bonds is 3. The molecule has 1 atom stereocenters. The Morgan fingerprint density at radius 2 is 2.44 bits per heavy atom. The van der Waals surface area contributed by atoms with Gasteiger partial charge in [-0.1, -0.05) is 0 Å². The Balaban J connectivity index is 1.90. The lowest BCUT2D eigenvalue weighted by Crippen LogP contribution is -2.31. The molecule has 3 nitrogen and oxygen atoms in total. The lowest BCUT2D eigenvalue weighted by atomic mass is 10.1. The van der Waals surface area contributed by atoms with E-state index in [1.54, 1.807) is 11.3 Å². The first-order valence-corrected chi connectivity index (χ1v) is 6.51. The number of carbonyl (C=O) groups is 1. The summed E-state index contributed by atoms with van der Waals surface area (Å²) in [7, 11) is 0. The van der Waals surface area contributed by atoms with Gasteiger partial charge in [-0.2, -0.15) is 0 Å². The molecular weight excluding hydrogens is 222 g/mol. The highest BCUT2D eigenvalue weighted by Crippen LogP contribution is 2.20. The Kier molecular flexibility index (Phi) is 3.61. The van der Waals surface area contributed by atoms with Crippen molar-refractivity contribution in [2.45, 2.75) is 32.8 Å². The lowest BCUT2D eigenvalue weighted by molar-refractivity contribution is 0.0857. The molecule has 0 spiro atoms. The maximum absolute atomic E-state index is 11.9. The van der Waals surface area contributed by atoms with Gasteiger partial charge in [0.15, 0.2) is 0 Å². The van der Waals surface area contributed by atoms with Crippen molar-refractivity contribution < 1.29 is 9.53 Å². The molecule has 88 valence electrons. The van der Waals surface area contributed by atoms with Crippen molar-refractivity contribution in [2.24, 2.45) is 0 Å². The third kappa shape index (κ3) is 2.44. The molecule has 1 aromatic rings. The number of aryl methyl sites for hydroxylation is 1. The highest BCUT2D eigenvalue weighted by atomic mass is 32.1. The Bertz CT molecular complexity index is 380. The zero-order valence-electron chi connectivity index (χ0n) is 9.71. The molecule has 2 heterocycles. The van der Waals surface area contributed by atoms with E-state index in [1.807, 2.05) is 19.2 Å². The maximum atomic E-state index is 11.9. The predicted octanol–water partition coefficient (Wildman–Crippen LogP) is 2.27. The summed E-state index contributed by atoms with van der Waals surface area (Å²) >= 11 is 1.63. The minimum Gasteiger partial charge on any atom is -0.376 e. The predicted molar refractivity (Wildman–Crippen MR) is 65.1 cm³/mol. The summed E-state index contributed by atoms with van der Waals surface area (Å²) in [6, 6.07) is 0. The Labute approximate surface area is 99.8 Å². The van der Waals surface area contributed by atoms with Crippen LogP contribution in [0.5, 0.6) is 0 Å². The van der Waals surface area contributed by atoms with Crippen LogP contribution >= 0.6 is 11.3 Å². The van der Waals surface area contributed by atoms with Gasteiger partial charge in [0.25, 0.3) is 5.91 Å². The summed E-state index contributed by atoms with van der Waals surface area (Å²) in [4.78, 5) is 13.1. The van der Waals surface area contributed by atoms with Crippen LogP contribution in [0.25, 0.3) is 0 Å². The first kappa shape index (κ1) is 11.6. The number of ether oxygens (including phenoxy) is 1. The lowest BCUT2D eigenvalue weighted by Gasteiger charge is -2.10. The van der Waals surface area contributed by atoms with Gasteiger partial charge in [-0.3, -0.25) is 4.79 Å². The molecule has 16 heavy (non-hydrogen) atoms. The second-order valence-corrected chi connectivity index (χ2v) is 5.26. The van der Waals surface area contributed by atoms with E-state index in [4.69, 9.17) is 4.74 Å². The molecule has 0 bridgehead atoms. The quantitative estimate of drug-likeness (QED) is 0.878. The molecule has 1 amide bonds. The molecule has 2 rings (SSSR count). The summed E-state index contributed by atoms with van der Waals surface area (Å²) in [5, 5.41) is 4.86. The SMILES string of the molecule is Cc1scc(C(=O)NC[C@H]2CCCO2)c1C. The molecule has 1 aromatic heterocycles. The van der Waals surface area contributed by atoms with Crippen molar-refractivity contribution in [3.05, 3.63) is 21.4 Å². The third-order valence-electron chi connectivity index (χ3n) is 3.04. The zero-order chi connectivity index (χ0) is 11.5. The number of thiophene rings is 1. The molecule has 1 aliphatic rings. The Morgan fingerprint density at radius 3 is 3.00 bits per heavy atom. The highest BCUT2D eigenvalue weighted by Gasteiger charge is 2.18. The van der Waals surface area contributed by atoms with Crippen LogP contribution in [-0.2, 0) is 4.74 Å². The van der Waals surface area contributed by atoms with Crippen LogP contribution in [0.4, 0.5) is 0 Å². The largest absolute Gasteiger partial charge is 0.376 e. The van der Waals surface area contributed by atoms with E-state index < -0.39 is 0 Å². The van der Waals surface area contributed by atoms with E-state index in [9.17, 15) is 4.79 Å². The Morgan fingerprint density at radius 1 is 1.62 bits per heavy atom. The van der Waals surface area contributed by atoms with Crippen LogP contribution in [0.3, 0.4) is 0 Å². The van der Waals surface area contributed by atoms with Gasteiger partial charge in [0.1, 0.15) is 0 Å². The number of nitrogens with one attached hydrogen (secondary N) is 1. The summed E-state index contributed by atoms with van der Waals surface area (Å²) in [6.07, 6.45) is 2.38. The van der Waals surface area contributed by atoms with Crippen LogP contribution in [0.2, 0.25) is 0 Å². The molecule has 0 unspecified atom stereocenters.